The Morgan fingerprint density at radius 3 is 2.29 bits per heavy atom. The first-order valence-electron chi connectivity index (χ1n) is 7.39. The number of anilines is 1. The fraction of sp³-hybridized carbons (Fsp3) is 0.412. The van der Waals surface area contributed by atoms with Crippen LogP contribution >= 0.6 is 15.9 Å². The van der Waals surface area contributed by atoms with Crippen molar-refractivity contribution >= 4 is 21.7 Å². The predicted octanol–water partition coefficient (Wildman–Crippen LogP) is 4.44. The first-order chi connectivity index (χ1) is 10.0. The van der Waals surface area contributed by atoms with Crippen LogP contribution in [-0.2, 0) is 12.8 Å². The van der Waals surface area contributed by atoms with Crippen LogP contribution in [0.4, 0.5) is 5.82 Å². The van der Waals surface area contributed by atoms with Gasteiger partial charge >= 0.3 is 0 Å². The van der Waals surface area contributed by atoms with Crippen LogP contribution in [0.3, 0.4) is 0 Å². The van der Waals surface area contributed by atoms with Gasteiger partial charge in [0.1, 0.15) is 11.6 Å². The fourth-order valence-electron chi connectivity index (χ4n) is 2.50. The molecule has 21 heavy (non-hydrogen) atoms. The van der Waals surface area contributed by atoms with E-state index in [0.29, 0.717) is 0 Å². The summed E-state index contributed by atoms with van der Waals surface area (Å²) in [4.78, 5) is 9.35. The molecule has 0 fully saturated rings. The SMILES string of the molecule is CCNc1nc(Cc2cc(C)cc(C)c2)nc(CC)c1Br. The summed E-state index contributed by atoms with van der Waals surface area (Å²) >= 11 is 3.60. The van der Waals surface area contributed by atoms with Crippen LogP contribution in [-0.4, -0.2) is 16.5 Å². The van der Waals surface area contributed by atoms with Crippen molar-refractivity contribution in [3.8, 4) is 0 Å². The highest BCUT2D eigenvalue weighted by Gasteiger charge is 2.11. The van der Waals surface area contributed by atoms with Gasteiger partial charge in [0.2, 0.25) is 0 Å². The van der Waals surface area contributed by atoms with Gasteiger partial charge in [-0.2, -0.15) is 0 Å². The van der Waals surface area contributed by atoms with E-state index in [1.807, 2.05) is 0 Å². The molecular formula is C17H22BrN3. The summed E-state index contributed by atoms with van der Waals surface area (Å²) in [7, 11) is 0. The lowest BCUT2D eigenvalue weighted by atomic mass is 10.0. The maximum absolute atomic E-state index is 4.69. The number of rotatable bonds is 5. The van der Waals surface area contributed by atoms with Crippen molar-refractivity contribution in [3.63, 3.8) is 0 Å². The van der Waals surface area contributed by atoms with Gasteiger partial charge in [-0.3, -0.25) is 0 Å². The van der Waals surface area contributed by atoms with E-state index in [1.54, 1.807) is 0 Å². The molecular weight excluding hydrogens is 326 g/mol. The zero-order chi connectivity index (χ0) is 15.4. The molecule has 112 valence electrons. The summed E-state index contributed by atoms with van der Waals surface area (Å²) in [6, 6.07) is 6.60. The van der Waals surface area contributed by atoms with E-state index in [9.17, 15) is 0 Å². The Morgan fingerprint density at radius 1 is 1.05 bits per heavy atom. The van der Waals surface area contributed by atoms with Gasteiger partial charge < -0.3 is 5.32 Å². The first kappa shape index (κ1) is 16.0. The Morgan fingerprint density at radius 2 is 1.71 bits per heavy atom. The average Bonchev–Trinajstić information content (AvgIpc) is 2.41. The standard InChI is InChI=1S/C17H22BrN3/c1-5-14-16(18)17(19-6-2)21-15(20-14)10-13-8-11(3)7-12(4)9-13/h7-9H,5-6,10H2,1-4H3,(H,19,20,21). The highest BCUT2D eigenvalue weighted by Crippen LogP contribution is 2.25. The molecule has 1 heterocycles. The van der Waals surface area contributed by atoms with Crippen LogP contribution < -0.4 is 5.32 Å². The topological polar surface area (TPSA) is 37.8 Å². The highest BCUT2D eigenvalue weighted by molar-refractivity contribution is 9.10. The Hall–Kier alpha value is -1.42. The van der Waals surface area contributed by atoms with Crippen molar-refractivity contribution in [2.45, 2.75) is 40.5 Å². The number of nitrogens with one attached hydrogen (secondary N) is 1. The molecule has 4 heteroatoms. The Bertz CT molecular complexity index is 618. The predicted molar refractivity (Wildman–Crippen MR) is 92.0 cm³/mol. The van der Waals surface area contributed by atoms with Crippen LogP contribution in [0.5, 0.6) is 0 Å². The lowest BCUT2D eigenvalue weighted by molar-refractivity contribution is 0.893. The number of aryl methyl sites for hydroxylation is 3. The number of aromatic nitrogens is 2. The van der Waals surface area contributed by atoms with Crippen LogP contribution in [0, 0.1) is 13.8 Å². The molecule has 0 amide bonds. The lowest BCUT2D eigenvalue weighted by Crippen LogP contribution is -2.08. The van der Waals surface area contributed by atoms with Gasteiger partial charge in [-0.05, 0) is 48.7 Å². The van der Waals surface area contributed by atoms with Crippen LogP contribution in [0.15, 0.2) is 22.7 Å². The van der Waals surface area contributed by atoms with E-state index in [0.717, 1.165) is 41.2 Å². The molecule has 0 atom stereocenters. The average molecular weight is 348 g/mol. The minimum Gasteiger partial charge on any atom is -0.369 e. The summed E-state index contributed by atoms with van der Waals surface area (Å²) in [6.45, 7) is 9.29. The molecule has 0 unspecified atom stereocenters. The summed E-state index contributed by atoms with van der Waals surface area (Å²) in [5.41, 5.74) is 4.88. The van der Waals surface area contributed by atoms with Crippen LogP contribution in [0.25, 0.3) is 0 Å². The van der Waals surface area contributed by atoms with E-state index in [2.05, 4.69) is 72.1 Å². The molecule has 0 aliphatic rings. The van der Waals surface area contributed by atoms with Crippen LogP contribution in [0.2, 0.25) is 0 Å². The maximum Gasteiger partial charge on any atom is 0.144 e. The van der Waals surface area contributed by atoms with Gasteiger partial charge in [-0.15, -0.1) is 0 Å². The Kier molecular flexibility index (Phi) is 5.34. The van der Waals surface area contributed by atoms with E-state index < -0.39 is 0 Å². The van der Waals surface area contributed by atoms with Crippen molar-refractivity contribution < 1.29 is 0 Å². The lowest BCUT2D eigenvalue weighted by Gasteiger charge is -2.12. The van der Waals surface area contributed by atoms with Crippen molar-refractivity contribution in [1.82, 2.24) is 9.97 Å². The third kappa shape index (κ3) is 4.03. The summed E-state index contributed by atoms with van der Waals surface area (Å²) < 4.78 is 0.982. The van der Waals surface area contributed by atoms with Gasteiger partial charge in [0, 0.05) is 13.0 Å². The van der Waals surface area contributed by atoms with Crippen molar-refractivity contribution in [2.24, 2.45) is 0 Å². The zero-order valence-electron chi connectivity index (χ0n) is 13.1. The van der Waals surface area contributed by atoms with Gasteiger partial charge in [0.05, 0.1) is 10.2 Å². The summed E-state index contributed by atoms with van der Waals surface area (Å²) in [5.74, 6) is 1.76. The molecule has 0 spiro atoms. The van der Waals surface area contributed by atoms with Crippen LogP contribution in [0.1, 0.15) is 42.1 Å². The number of halogens is 1. The second-order valence-electron chi connectivity index (χ2n) is 5.31. The number of nitrogens with zero attached hydrogens (tertiary/aromatic N) is 2. The third-order valence-corrected chi connectivity index (χ3v) is 4.12. The molecule has 1 N–H and O–H groups in total. The molecule has 0 saturated carbocycles. The molecule has 0 bridgehead atoms. The van der Waals surface area contributed by atoms with Gasteiger partial charge in [0.15, 0.2) is 0 Å². The minimum atomic E-state index is 0.765. The zero-order valence-corrected chi connectivity index (χ0v) is 14.7. The monoisotopic (exact) mass is 347 g/mol. The summed E-state index contributed by atoms with van der Waals surface area (Å²) in [6.07, 6.45) is 1.66. The maximum atomic E-state index is 4.69. The Balaban J connectivity index is 2.36. The molecule has 1 aromatic carbocycles. The second-order valence-corrected chi connectivity index (χ2v) is 6.10. The molecule has 0 radical (unpaired) electrons. The van der Waals surface area contributed by atoms with Crippen molar-refractivity contribution in [2.75, 3.05) is 11.9 Å². The van der Waals surface area contributed by atoms with Gasteiger partial charge in [-0.1, -0.05) is 36.2 Å². The van der Waals surface area contributed by atoms with E-state index in [-0.39, 0.29) is 0 Å². The highest BCUT2D eigenvalue weighted by atomic mass is 79.9. The molecule has 0 aliphatic carbocycles. The number of hydrogen-bond donors (Lipinski definition) is 1. The molecule has 2 aromatic rings. The van der Waals surface area contributed by atoms with E-state index >= 15 is 0 Å². The molecule has 0 aliphatic heterocycles. The number of hydrogen-bond acceptors (Lipinski definition) is 3. The number of benzene rings is 1. The smallest absolute Gasteiger partial charge is 0.144 e. The third-order valence-electron chi connectivity index (χ3n) is 3.29. The molecule has 0 saturated heterocycles. The summed E-state index contributed by atoms with van der Waals surface area (Å²) in [5, 5.41) is 3.30. The quantitative estimate of drug-likeness (QED) is 0.868. The van der Waals surface area contributed by atoms with Crippen molar-refractivity contribution in [1.29, 1.82) is 0 Å². The normalized spacial score (nSPS) is 10.7. The van der Waals surface area contributed by atoms with E-state index in [4.69, 9.17) is 4.98 Å². The minimum absolute atomic E-state index is 0.765. The largest absolute Gasteiger partial charge is 0.369 e. The van der Waals surface area contributed by atoms with E-state index in [1.165, 1.54) is 16.7 Å². The second kappa shape index (κ2) is 7.03. The molecule has 3 nitrogen and oxygen atoms in total. The Labute approximate surface area is 135 Å². The fourth-order valence-corrected chi connectivity index (χ4v) is 3.09. The van der Waals surface area contributed by atoms with Gasteiger partial charge in [0.25, 0.3) is 0 Å². The molecule has 1 aromatic heterocycles. The first-order valence-corrected chi connectivity index (χ1v) is 8.19. The van der Waals surface area contributed by atoms with Gasteiger partial charge in [-0.25, -0.2) is 9.97 Å². The molecule has 2 rings (SSSR count). The van der Waals surface area contributed by atoms with Crippen molar-refractivity contribution in [3.05, 3.63) is 50.9 Å².